The van der Waals surface area contributed by atoms with E-state index >= 15 is 0 Å². The Hall–Kier alpha value is 0.806. The van der Waals surface area contributed by atoms with Gasteiger partial charge in [0.25, 0.3) is 0 Å². The van der Waals surface area contributed by atoms with Crippen molar-refractivity contribution in [2.75, 3.05) is 0 Å². The van der Waals surface area contributed by atoms with E-state index in [2.05, 4.69) is 36.0 Å². The Morgan fingerprint density at radius 2 is 0.802 bits per heavy atom. The molecule has 0 heterocycles. The Labute approximate surface area is 560 Å². The summed E-state index contributed by atoms with van der Waals surface area (Å²) in [6, 6.07) is 0. The van der Waals surface area contributed by atoms with Crippen LogP contribution < -0.4 is 46.5 Å². The van der Waals surface area contributed by atoms with Crippen LogP contribution in [0.2, 0.25) is 0 Å². The van der Waals surface area contributed by atoms with Crippen molar-refractivity contribution in [1.29, 1.82) is 0 Å². The molecule has 0 aliphatic heterocycles. The summed E-state index contributed by atoms with van der Waals surface area (Å²) in [6.45, 7) is 18.3. The number of fused-ring (bicyclic) bond motifs is 15. The summed E-state index contributed by atoms with van der Waals surface area (Å²) in [4.78, 5) is 49.2. The van der Waals surface area contributed by atoms with Crippen LogP contribution in [0, 0.1) is 129 Å². The number of carbonyl (C=O) groups is 4. The second-order valence-electron chi connectivity index (χ2n) is 29.7. The van der Waals surface area contributed by atoms with Crippen LogP contribution in [-0.4, -0.2) is 73.1 Å². The maximum absolute atomic E-state index is 12.8. The number of rotatable bonds is 3. The molecule has 0 radical (unpaired) electrons. The second kappa shape index (κ2) is 29.2. The van der Waals surface area contributed by atoms with Gasteiger partial charge in [-0.2, -0.15) is 0 Å². The maximum Gasteiger partial charge on any atom is 2.00 e. The number of hydrogen-bond acceptors (Lipinski definition) is 7. The van der Waals surface area contributed by atoms with E-state index in [4.69, 9.17) is 12.3 Å². The molecule has 12 aliphatic rings. The van der Waals surface area contributed by atoms with Crippen molar-refractivity contribution < 1.29 is 92.4 Å². The molecule has 0 aromatic heterocycles. The van der Waals surface area contributed by atoms with E-state index in [1.54, 1.807) is 13.8 Å². The molecule has 0 aromatic carbocycles. The smallest absolute Gasteiger partial charge is 1.00 e. The monoisotopic (exact) mass is 1230 g/mol. The number of aliphatic hydroxyl groups is 2. The zero-order valence-electron chi connectivity index (χ0n) is 58.0. The van der Waals surface area contributed by atoms with Crippen LogP contribution in [0.4, 0.5) is 0 Å². The van der Waals surface area contributed by atoms with Gasteiger partial charge in [-0.05, 0) is 299 Å². The molecule has 3 N–H and O–H groups in total. The zero-order chi connectivity index (χ0) is 59.3. The predicted octanol–water partition coefficient (Wildman–Crippen LogP) is 11.9. The van der Waals surface area contributed by atoms with Gasteiger partial charge in [0.2, 0.25) is 0 Å². The first kappa shape index (κ1) is 67.7. The van der Waals surface area contributed by atoms with Crippen LogP contribution in [0.5, 0.6) is 0 Å². The van der Waals surface area contributed by atoms with E-state index < -0.39 is 52.8 Å². The molecule has 12 saturated carbocycles. The molecule has 10 heteroatoms. The molecule has 81 heavy (non-hydrogen) atoms. The third-order valence-corrected chi connectivity index (χ3v) is 26.5. The van der Waals surface area contributed by atoms with E-state index in [1.165, 1.54) is 19.3 Å². The van der Waals surface area contributed by atoms with Gasteiger partial charge in [0.15, 0.2) is 0 Å². The van der Waals surface area contributed by atoms with Gasteiger partial charge < -0.3 is 40.1 Å². The van der Waals surface area contributed by atoms with Crippen molar-refractivity contribution in [3.05, 3.63) is 7.43 Å². The summed E-state index contributed by atoms with van der Waals surface area (Å²) in [6.07, 6.45) is 24.1. The van der Waals surface area contributed by atoms with Crippen LogP contribution in [0.15, 0.2) is 0 Å². The van der Waals surface area contributed by atoms with Gasteiger partial charge >= 0.3 is 52.6 Å². The molecule has 7 nitrogen and oxygen atoms in total. The van der Waals surface area contributed by atoms with E-state index in [-0.39, 0.29) is 159 Å². The van der Waals surface area contributed by atoms with Gasteiger partial charge in [0.1, 0.15) is 23.1 Å². The SMILES string of the molecule is C.C.C.C.C.[2H]C([2H])([2H])C(=O)[C@@]1([2H])CC[C@H]2[C@@H]3CC[C@]4([2H])C[C@@](C)(O)CC[C@]4(C)[C@H]3CC[C@@]21C.[2H][C@]12CC[C@H]3[C@@H]4CC[C@H](C(C)=O)[C@@]4(C)CC[C@@H]3[C@@]1(C)CCC(=O)C2.[2H][C@]12CC[C@H]3[C@@H]4CC[C@H](C(C)=O)[C@@]4(C)CC[C@@H]3[C@@]1(C)CC[C@](C)(O)C2.[2H][O-].[Br-].[CH3-].[Mg+2].[Na+]. The minimum Gasteiger partial charge on any atom is -1.00 e. The van der Waals surface area contributed by atoms with Crippen LogP contribution >= 0.6 is 0 Å². The fourth-order valence-electron chi connectivity index (χ4n) is 22.5. The fraction of sp³-hybridized carbons (Fsp3) is 0.930. The van der Waals surface area contributed by atoms with Crippen molar-refractivity contribution in [1.82, 2.24) is 0 Å². The largest absolute Gasteiger partial charge is 2.00 e. The molecule has 0 amide bonds. The molecule has 0 spiro atoms. The number of carbonyl (C=O) groups excluding carboxylic acids is 4. The van der Waals surface area contributed by atoms with Gasteiger partial charge in [0.05, 0.1) is 11.2 Å². The van der Waals surface area contributed by atoms with Crippen LogP contribution in [-0.2, 0) is 19.2 Å². The van der Waals surface area contributed by atoms with Crippen molar-refractivity contribution in [3.63, 3.8) is 0 Å². The van der Waals surface area contributed by atoms with Crippen molar-refractivity contribution in [2.24, 2.45) is 121 Å². The average molecular weight is 1230 g/mol. The minimum absolute atomic E-state index is 0. The maximum atomic E-state index is 12.8. The van der Waals surface area contributed by atoms with E-state index in [1.807, 2.05) is 20.8 Å². The Bertz CT molecular complexity index is 2440. The first-order valence-electron chi connectivity index (χ1n) is 33.8. The zero-order valence-corrected chi connectivity index (χ0v) is 55.0. The first-order valence-corrected chi connectivity index (χ1v) is 29.9. The Kier molecular flexibility index (Phi) is 24.4. The van der Waals surface area contributed by atoms with Crippen molar-refractivity contribution in [2.45, 2.75) is 298 Å². The first-order chi connectivity index (χ1) is 36.8. The number of ketones is 4. The predicted molar refractivity (Wildman–Crippen MR) is 332 cm³/mol. The molecular weight excluding hydrogens is 1090 g/mol. The van der Waals surface area contributed by atoms with E-state index in [9.17, 15) is 32.1 Å². The summed E-state index contributed by atoms with van der Waals surface area (Å²) in [7, 11) is 0. The summed E-state index contributed by atoms with van der Waals surface area (Å²) in [5, 5.41) is 21.3. The molecular formula is C71H128BrMgNaO7. The van der Waals surface area contributed by atoms with Gasteiger partial charge in [-0.25, -0.2) is 0 Å². The van der Waals surface area contributed by atoms with Gasteiger partial charge in [0, 0.05) is 40.2 Å². The molecule has 0 unspecified atom stereocenters. The van der Waals surface area contributed by atoms with Crippen LogP contribution in [0.3, 0.4) is 0 Å². The molecule has 23 atom stereocenters. The quantitative estimate of drug-likeness (QED) is 0.212. The summed E-state index contributed by atoms with van der Waals surface area (Å²) < 4.78 is 64.1. The molecule has 12 rings (SSSR count). The summed E-state index contributed by atoms with van der Waals surface area (Å²) in [5.41, 5.74) is 5.73. The molecule has 0 aromatic rings. The van der Waals surface area contributed by atoms with Gasteiger partial charge in [-0.1, -0.05) is 78.7 Å². The molecule has 12 aliphatic carbocycles. The normalized spacial score (nSPS) is 53.8. The summed E-state index contributed by atoms with van der Waals surface area (Å²) >= 11 is 0. The Balaban J connectivity index is 0.00000123. The van der Waals surface area contributed by atoms with Crippen LogP contribution in [0.1, 0.15) is 298 Å². The number of hydrogen-bond donors (Lipinski definition) is 2. The molecule has 12 fully saturated rings. The van der Waals surface area contributed by atoms with Crippen molar-refractivity contribution >= 4 is 46.2 Å². The Morgan fingerprint density at radius 3 is 1.19 bits per heavy atom. The standard InChI is InChI=1S/2C22H36O2.C21H32O2.5CH4.CH3.BrH.Mg.Na.H2O/c2*1-14(23)17-7-8-18-16-6-5-15-13-20(2,24)11-12-21(15,3)19(16)9-10-22(17,18)4;1-13(22)17-6-7-18-16-5-4-14-12-15(23)8-10-20(14,2)19(16)9-11-21(17,18)3;;;;;;;;;;/h2*15-19,24H,5-13H2,1-4H3;14,16-19H,4-12H2,1-3H3;5*1H4;1H3;1H;;;1H2/q;;;;;;;;-1;;+2;+1;/p-2/t2*15-,16+,17-,18+,19+,20+,21+,22-;14-,16+,17-,18+,19+,20+,21-;;;;;;;;;;/m111........../s1/i1D3,15D,17D;15D;14D;;;;;;;;;;/hD. The Morgan fingerprint density at radius 1 is 0.469 bits per heavy atom. The third-order valence-electron chi connectivity index (χ3n) is 26.5. The van der Waals surface area contributed by atoms with Crippen molar-refractivity contribution in [3.8, 4) is 0 Å². The minimum atomic E-state index is -2.72. The number of Topliss-reactive ketones (excluding diaryl/α,β-unsaturated/α-hetero) is 4. The molecule has 464 valence electrons. The van der Waals surface area contributed by atoms with Crippen LogP contribution in [0.25, 0.3) is 0 Å². The second-order valence-corrected chi connectivity index (χ2v) is 29.7. The molecule has 0 saturated heterocycles. The topological polar surface area (TPSA) is 139 Å². The molecule has 0 bridgehead atoms. The summed E-state index contributed by atoms with van der Waals surface area (Å²) in [5.74, 6) is 2.33. The fourth-order valence-corrected chi connectivity index (χ4v) is 22.5. The van der Waals surface area contributed by atoms with E-state index in [0.717, 1.165) is 116 Å². The average Bonchev–Trinajstić information content (AvgIpc) is 1.74. The van der Waals surface area contributed by atoms with E-state index in [0.29, 0.717) is 103 Å². The third kappa shape index (κ3) is 13.8. The van der Waals surface area contributed by atoms with Gasteiger partial charge in [-0.15, -0.1) is 1.43 Å². The van der Waals surface area contributed by atoms with Gasteiger partial charge in [-0.3, -0.25) is 19.2 Å². The number of halogens is 1.